The molecular weight excluding hydrogens is 458 g/mol. The minimum absolute atomic E-state index is 0.115. The lowest BCUT2D eigenvalue weighted by molar-refractivity contribution is -0.870. The van der Waals surface area contributed by atoms with Crippen LogP contribution in [-0.2, 0) is 14.4 Å². The molecule has 4 atom stereocenters. The van der Waals surface area contributed by atoms with Crippen molar-refractivity contribution >= 4 is 17.7 Å². The molecule has 0 aliphatic carbocycles. The van der Waals surface area contributed by atoms with Crippen LogP contribution in [0.2, 0.25) is 0 Å². The summed E-state index contributed by atoms with van der Waals surface area (Å²) in [6, 6.07) is 4.82. The second kappa shape index (κ2) is 12.5. The number of carbonyl (C=O) groups is 3. The summed E-state index contributed by atoms with van der Waals surface area (Å²) in [6.07, 6.45) is 6.54. The SMILES string of the molecule is C[N+](C)(C)CCCC[C@@H]1NC(=O)[C@H]2C[C@@H](C(=O)NCCCCCCN)[C@@H](c3ccc(O)cc3)N2C1=O. The van der Waals surface area contributed by atoms with Crippen molar-refractivity contribution in [2.75, 3.05) is 40.8 Å². The summed E-state index contributed by atoms with van der Waals surface area (Å²) in [5.41, 5.74) is 6.30. The molecule has 2 heterocycles. The Morgan fingerprint density at radius 1 is 1.08 bits per heavy atom. The number of nitrogens with two attached hydrogens (primary N) is 1. The predicted molar refractivity (Wildman–Crippen MR) is 139 cm³/mol. The van der Waals surface area contributed by atoms with Crippen molar-refractivity contribution < 1.29 is 24.0 Å². The molecule has 3 amide bonds. The first-order valence-electron chi connectivity index (χ1n) is 13.3. The van der Waals surface area contributed by atoms with E-state index in [1.807, 2.05) is 0 Å². The number of aromatic hydroxyl groups is 1. The Morgan fingerprint density at radius 2 is 1.78 bits per heavy atom. The molecule has 2 saturated heterocycles. The molecule has 3 rings (SSSR count). The van der Waals surface area contributed by atoms with Gasteiger partial charge in [0.05, 0.1) is 39.6 Å². The molecular formula is C27H44N5O4+. The van der Waals surface area contributed by atoms with E-state index in [0.29, 0.717) is 19.5 Å². The third-order valence-electron chi connectivity index (χ3n) is 7.24. The van der Waals surface area contributed by atoms with Gasteiger partial charge in [-0.05, 0) is 62.8 Å². The van der Waals surface area contributed by atoms with Crippen LogP contribution in [0.3, 0.4) is 0 Å². The summed E-state index contributed by atoms with van der Waals surface area (Å²) in [4.78, 5) is 41.6. The Bertz CT molecular complexity index is 898. The van der Waals surface area contributed by atoms with Gasteiger partial charge in [0, 0.05) is 6.54 Å². The van der Waals surface area contributed by atoms with E-state index in [1.165, 1.54) is 0 Å². The van der Waals surface area contributed by atoms with Gasteiger partial charge < -0.3 is 30.9 Å². The van der Waals surface area contributed by atoms with Crippen LogP contribution >= 0.6 is 0 Å². The summed E-state index contributed by atoms with van der Waals surface area (Å²) >= 11 is 0. The number of amides is 3. The van der Waals surface area contributed by atoms with Gasteiger partial charge in [0.2, 0.25) is 17.7 Å². The quantitative estimate of drug-likeness (QED) is 0.241. The van der Waals surface area contributed by atoms with Crippen molar-refractivity contribution in [3.63, 3.8) is 0 Å². The van der Waals surface area contributed by atoms with Crippen molar-refractivity contribution in [2.45, 2.75) is 69.5 Å². The average molecular weight is 503 g/mol. The largest absolute Gasteiger partial charge is 0.508 e. The molecule has 2 aliphatic rings. The molecule has 0 spiro atoms. The number of phenolic OH excluding ortho intramolecular Hbond substituents is 1. The molecule has 0 radical (unpaired) electrons. The van der Waals surface area contributed by atoms with Crippen LogP contribution in [0.5, 0.6) is 5.75 Å². The lowest BCUT2D eigenvalue weighted by atomic mass is 9.92. The van der Waals surface area contributed by atoms with Gasteiger partial charge in [-0.15, -0.1) is 0 Å². The number of unbranched alkanes of at least 4 members (excludes halogenated alkanes) is 4. The first-order chi connectivity index (χ1) is 17.1. The Labute approximate surface area is 215 Å². The van der Waals surface area contributed by atoms with Crippen molar-refractivity contribution in [2.24, 2.45) is 11.7 Å². The maximum absolute atomic E-state index is 13.6. The molecule has 200 valence electrons. The van der Waals surface area contributed by atoms with E-state index in [1.54, 1.807) is 29.2 Å². The van der Waals surface area contributed by atoms with Crippen LogP contribution in [0.25, 0.3) is 0 Å². The summed E-state index contributed by atoms with van der Waals surface area (Å²) in [5, 5.41) is 15.8. The monoisotopic (exact) mass is 502 g/mol. The number of benzene rings is 1. The predicted octanol–water partition coefficient (Wildman–Crippen LogP) is 1.66. The highest BCUT2D eigenvalue weighted by Gasteiger charge is 2.54. The van der Waals surface area contributed by atoms with Gasteiger partial charge in [0.1, 0.15) is 17.8 Å². The fraction of sp³-hybridized carbons (Fsp3) is 0.667. The molecule has 5 N–H and O–H groups in total. The van der Waals surface area contributed by atoms with E-state index >= 15 is 0 Å². The Kier molecular flexibility index (Phi) is 9.73. The van der Waals surface area contributed by atoms with Gasteiger partial charge in [0.15, 0.2) is 0 Å². The van der Waals surface area contributed by atoms with Crippen molar-refractivity contribution in [3.8, 4) is 5.75 Å². The van der Waals surface area contributed by atoms with Crippen molar-refractivity contribution in [3.05, 3.63) is 29.8 Å². The van der Waals surface area contributed by atoms with Crippen LogP contribution in [0.1, 0.15) is 63.0 Å². The van der Waals surface area contributed by atoms with E-state index in [4.69, 9.17) is 5.73 Å². The fourth-order valence-corrected chi connectivity index (χ4v) is 5.32. The van der Waals surface area contributed by atoms with Gasteiger partial charge in [0.25, 0.3) is 0 Å². The zero-order valence-corrected chi connectivity index (χ0v) is 22.0. The molecule has 0 aromatic heterocycles. The lowest BCUT2D eigenvalue weighted by Crippen LogP contribution is -2.61. The van der Waals surface area contributed by atoms with Crippen LogP contribution in [0, 0.1) is 5.92 Å². The van der Waals surface area contributed by atoms with Crippen LogP contribution in [0.4, 0.5) is 0 Å². The van der Waals surface area contributed by atoms with E-state index in [0.717, 1.165) is 55.1 Å². The van der Waals surface area contributed by atoms with Crippen LogP contribution in [-0.4, -0.2) is 85.1 Å². The molecule has 0 saturated carbocycles. The Morgan fingerprint density at radius 3 is 2.44 bits per heavy atom. The minimum Gasteiger partial charge on any atom is -0.508 e. The number of nitrogens with zero attached hydrogens (tertiary/aromatic N) is 2. The number of hydrogen-bond donors (Lipinski definition) is 4. The second-order valence-electron chi connectivity index (χ2n) is 11.2. The van der Waals surface area contributed by atoms with Gasteiger partial charge >= 0.3 is 0 Å². The first kappa shape index (κ1) is 27.9. The van der Waals surface area contributed by atoms with E-state index in [2.05, 4.69) is 31.8 Å². The molecule has 1 aromatic carbocycles. The van der Waals surface area contributed by atoms with Crippen molar-refractivity contribution in [1.29, 1.82) is 0 Å². The van der Waals surface area contributed by atoms with Crippen LogP contribution in [0.15, 0.2) is 24.3 Å². The molecule has 36 heavy (non-hydrogen) atoms. The number of phenols is 1. The Balaban J connectivity index is 1.73. The van der Waals surface area contributed by atoms with Crippen molar-refractivity contribution in [1.82, 2.24) is 15.5 Å². The molecule has 2 fully saturated rings. The van der Waals surface area contributed by atoms with Gasteiger partial charge in [-0.25, -0.2) is 0 Å². The molecule has 9 heteroatoms. The zero-order valence-electron chi connectivity index (χ0n) is 22.0. The van der Waals surface area contributed by atoms with E-state index in [-0.39, 0.29) is 29.9 Å². The normalized spacial score (nSPS) is 23.9. The maximum Gasteiger partial charge on any atom is 0.246 e. The highest BCUT2D eigenvalue weighted by atomic mass is 16.3. The summed E-state index contributed by atoms with van der Waals surface area (Å²) in [5.74, 6) is -0.867. The Hall–Kier alpha value is -2.65. The van der Waals surface area contributed by atoms with E-state index in [9.17, 15) is 19.5 Å². The van der Waals surface area contributed by atoms with Crippen LogP contribution < -0.4 is 16.4 Å². The topological polar surface area (TPSA) is 125 Å². The fourth-order valence-electron chi connectivity index (χ4n) is 5.32. The number of carbonyl (C=O) groups excluding carboxylic acids is 3. The van der Waals surface area contributed by atoms with Gasteiger partial charge in [-0.1, -0.05) is 25.0 Å². The summed E-state index contributed by atoms with van der Waals surface area (Å²) < 4.78 is 0.853. The third-order valence-corrected chi connectivity index (χ3v) is 7.24. The van der Waals surface area contributed by atoms with Gasteiger partial charge in [-0.2, -0.15) is 0 Å². The number of piperazine rings is 1. The maximum atomic E-state index is 13.6. The standard InChI is InChI=1S/C27H43N5O4/c1-32(2,3)17-9-6-10-22-27(36)31-23(26(35)30-22)18-21(24(31)19-11-13-20(33)14-12-19)25(34)29-16-8-5-4-7-15-28/h11-14,21-24H,4-10,15-18,28H2,1-3H3,(H2-,29,30,33,34,35)/p+1/t21-,22+,23-,24-/m1/s1. The molecule has 0 unspecified atom stereocenters. The molecule has 2 aliphatic heterocycles. The minimum atomic E-state index is -0.668. The average Bonchev–Trinajstić information content (AvgIpc) is 3.23. The lowest BCUT2D eigenvalue weighted by Gasteiger charge is -2.38. The highest BCUT2D eigenvalue weighted by Crippen LogP contribution is 2.43. The smallest absolute Gasteiger partial charge is 0.246 e. The van der Waals surface area contributed by atoms with E-state index < -0.39 is 24.0 Å². The number of hydrogen-bond acceptors (Lipinski definition) is 5. The number of rotatable bonds is 13. The second-order valence-corrected chi connectivity index (χ2v) is 11.2. The molecule has 9 nitrogen and oxygen atoms in total. The zero-order chi connectivity index (χ0) is 26.3. The third kappa shape index (κ3) is 7.20. The van der Waals surface area contributed by atoms with Gasteiger partial charge in [-0.3, -0.25) is 14.4 Å². The summed E-state index contributed by atoms with van der Waals surface area (Å²) in [6.45, 7) is 2.22. The first-order valence-corrected chi connectivity index (χ1v) is 13.3. The summed E-state index contributed by atoms with van der Waals surface area (Å²) in [7, 11) is 6.40. The molecule has 1 aromatic rings. The number of nitrogens with one attached hydrogen (secondary N) is 2. The molecule has 0 bridgehead atoms. The number of fused-ring (bicyclic) bond motifs is 1. The number of quaternary nitrogens is 1. The highest BCUT2D eigenvalue weighted by molar-refractivity contribution is 5.99.